The molecule has 3 aromatic heterocycles. The van der Waals surface area contributed by atoms with Gasteiger partial charge in [0.25, 0.3) is 21.5 Å². The zero-order valence-electron chi connectivity index (χ0n) is 25.8. The first-order valence-electron chi connectivity index (χ1n) is 15.2. The Morgan fingerprint density at radius 3 is 2.54 bits per heavy atom. The molecule has 1 saturated carbocycles. The van der Waals surface area contributed by atoms with Crippen molar-refractivity contribution >= 4 is 38.5 Å². The summed E-state index contributed by atoms with van der Waals surface area (Å²) in [6, 6.07) is 12.7. The molecule has 3 N–H and O–H groups in total. The second-order valence-corrected chi connectivity index (χ2v) is 13.1. The Morgan fingerprint density at radius 2 is 1.85 bits per heavy atom. The first kappa shape index (κ1) is 32.5. The molecule has 15 heteroatoms. The van der Waals surface area contributed by atoms with E-state index in [-0.39, 0.29) is 40.1 Å². The lowest BCUT2D eigenvalue weighted by Gasteiger charge is -2.25. The number of furan rings is 1. The van der Waals surface area contributed by atoms with Crippen LogP contribution in [0.3, 0.4) is 0 Å². The molecule has 1 aliphatic carbocycles. The smallest absolute Gasteiger partial charge is 0.329 e. The van der Waals surface area contributed by atoms with Crippen LogP contribution in [0.1, 0.15) is 48.0 Å². The zero-order valence-corrected chi connectivity index (χ0v) is 26.6. The van der Waals surface area contributed by atoms with Crippen molar-refractivity contribution in [2.75, 3.05) is 4.72 Å². The van der Waals surface area contributed by atoms with E-state index in [0.29, 0.717) is 29.6 Å². The lowest BCUT2D eigenvalue weighted by atomic mass is 9.97. The van der Waals surface area contributed by atoms with E-state index in [9.17, 15) is 27.9 Å². The van der Waals surface area contributed by atoms with Gasteiger partial charge in [-0.05, 0) is 73.7 Å². The number of sulfonamides is 1. The number of anilines is 1. The van der Waals surface area contributed by atoms with Crippen molar-refractivity contribution in [3.63, 3.8) is 0 Å². The second kappa shape index (κ2) is 13.4. The summed E-state index contributed by atoms with van der Waals surface area (Å²) in [5.41, 5.74) is 0.756. The fraction of sp³-hybridized carbons (Fsp3) is 0.273. The van der Waals surface area contributed by atoms with Crippen LogP contribution in [-0.4, -0.2) is 51.9 Å². The van der Waals surface area contributed by atoms with Gasteiger partial charge in [0.15, 0.2) is 0 Å². The number of ether oxygens (including phenoxy) is 1. The molecule has 6 rings (SSSR count). The first-order valence-corrected chi connectivity index (χ1v) is 16.7. The number of halogens is 1. The van der Waals surface area contributed by atoms with Crippen LogP contribution in [0.25, 0.3) is 16.6 Å². The number of aromatic nitrogens is 3. The molecule has 0 aliphatic heterocycles. The highest BCUT2D eigenvalue weighted by Gasteiger charge is 2.28. The Labute approximate surface area is 274 Å². The third kappa shape index (κ3) is 6.81. The molecule has 1 atom stereocenters. The van der Waals surface area contributed by atoms with Crippen molar-refractivity contribution < 1.29 is 36.7 Å². The van der Waals surface area contributed by atoms with E-state index < -0.39 is 39.3 Å². The molecule has 13 nitrogen and oxygen atoms in total. The average molecular weight is 678 g/mol. The highest BCUT2D eigenvalue weighted by Crippen LogP contribution is 2.23. The van der Waals surface area contributed by atoms with E-state index in [0.717, 1.165) is 31.4 Å². The zero-order chi connectivity index (χ0) is 34.0. The Morgan fingerprint density at radius 1 is 1.10 bits per heavy atom. The molecular weight excluding hydrogens is 645 g/mol. The van der Waals surface area contributed by atoms with Gasteiger partial charge >= 0.3 is 5.97 Å². The van der Waals surface area contributed by atoms with E-state index in [4.69, 9.17) is 9.15 Å². The number of esters is 1. The highest BCUT2D eigenvalue weighted by molar-refractivity contribution is 7.92. The summed E-state index contributed by atoms with van der Waals surface area (Å²) in [7, 11) is -2.43. The van der Waals surface area contributed by atoms with Crippen molar-refractivity contribution in [2.24, 2.45) is 7.05 Å². The van der Waals surface area contributed by atoms with Crippen molar-refractivity contribution in [3.8, 4) is 11.6 Å². The van der Waals surface area contributed by atoms with Crippen molar-refractivity contribution in [1.82, 2.24) is 19.7 Å². The number of aryl methyl sites for hydroxylation is 1. The number of fused-ring (bicyclic) bond motifs is 1. The predicted molar refractivity (Wildman–Crippen MR) is 172 cm³/mol. The van der Waals surface area contributed by atoms with Gasteiger partial charge in [0.05, 0.1) is 40.3 Å². The summed E-state index contributed by atoms with van der Waals surface area (Å²) in [6.07, 6.45) is 6.59. The van der Waals surface area contributed by atoms with Crippen LogP contribution in [0, 0.1) is 5.82 Å². The molecule has 0 radical (unpaired) electrons. The Kier molecular flexibility index (Phi) is 9.04. The van der Waals surface area contributed by atoms with Gasteiger partial charge in [0.2, 0.25) is 11.0 Å². The van der Waals surface area contributed by atoms with Gasteiger partial charge in [-0.1, -0.05) is 18.6 Å². The lowest BCUT2D eigenvalue weighted by molar-refractivity contribution is -0.152. The number of carbonyl (C=O) groups is 2. The molecule has 2 aromatic carbocycles. The summed E-state index contributed by atoms with van der Waals surface area (Å²) < 4.78 is 55.9. The monoisotopic (exact) mass is 677 g/mol. The molecule has 5 aromatic rings. The second-order valence-electron chi connectivity index (χ2n) is 11.5. The fourth-order valence-electron chi connectivity index (χ4n) is 5.77. The minimum absolute atomic E-state index is 0.00201. The Hall–Kier alpha value is -5.44. The third-order valence-electron chi connectivity index (χ3n) is 8.21. The largest absolute Gasteiger partial charge is 0.493 e. The number of benzene rings is 2. The van der Waals surface area contributed by atoms with Crippen LogP contribution >= 0.6 is 0 Å². The fourth-order valence-corrected chi connectivity index (χ4v) is 6.74. The normalized spacial score (nSPS) is 14.5. The van der Waals surface area contributed by atoms with Gasteiger partial charge in [-0.15, -0.1) is 0 Å². The van der Waals surface area contributed by atoms with Crippen LogP contribution in [0.4, 0.5) is 10.1 Å². The van der Waals surface area contributed by atoms with Gasteiger partial charge in [-0.25, -0.2) is 18.9 Å². The number of carbonyl (C=O) groups excluding carboxylic acids is 2. The van der Waals surface area contributed by atoms with Gasteiger partial charge < -0.3 is 19.6 Å². The molecule has 48 heavy (non-hydrogen) atoms. The number of amides is 1. The van der Waals surface area contributed by atoms with Gasteiger partial charge in [-0.3, -0.25) is 19.0 Å². The van der Waals surface area contributed by atoms with Crippen LogP contribution in [0.15, 0.2) is 87.4 Å². The topological polar surface area (TPSA) is 175 Å². The van der Waals surface area contributed by atoms with Crippen molar-refractivity contribution in [1.29, 1.82) is 0 Å². The molecule has 1 fully saturated rings. The number of hydrogen-bond acceptors (Lipinski definition) is 9. The van der Waals surface area contributed by atoms with E-state index in [1.54, 1.807) is 36.0 Å². The number of hydrogen-bond donors (Lipinski definition) is 3. The summed E-state index contributed by atoms with van der Waals surface area (Å²) >= 11 is 0. The minimum Gasteiger partial charge on any atom is -0.493 e. The summed E-state index contributed by atoms with van der Waals surface area (Å²) in [6.45, 7) is 0. The highest BCUT2D eigenvalue weighted by atomic mass is 32.2. The van der Waals surface area contributed by atoms with Crippen LogP contribution < -0.4 is 15.6 Å². The number of nitrogens with zero attached hydrogens (tertiary/aromatic N) is 3. The SMILES string of the molecule is Cn1c2cnc(O)cc2c(=O)n1-c1ccc(C[C@H](NC(=O)c2ccc(NS(=O)(=O)c3ccco3)cc2F)C(=O)OC2CCCCC2)cc1. The molecule has 250 valence electrons. The van der Waals surface area contributed by atoms with Gasteiger partial charge in [0.1, 0.15) is 18.0 Å². The quantitative estimate of drug-likeness (QED) is 0.183. The third-order valence-corrected chi connectivity index (χ3v) is 9.48. The van der Waals surface area contributed by atoms with E-state index in [2.05, 4.69) is 15.0 Å². The van der Waals surface area contributed by atoms with Crippen LogP contribution in [0.2, 0.25) is 0 Å². The van der Waals surface area contributed by atoms with E-state index in [1.165, 1.54) is 41.4 Å². The molecule has 0 spiro atoms. The summed E-state index contributed by atoms with van der Waals surface area (Å²) in [5.74, 6) is -2.85. The van der Waals surface area contributed by atoms with E-state index in [1.807, 2.05) is 0 Å². The molecule has 0 unspecified atom stereocenters. The molecular formula is C33H32FN5O8S. The van der Waals surface area contributed by atoms with E-state index >= 15 is 4.39 Å². The molecule has 1 aliphatic rings. The number of rotatable bonds is 10. The summed E-state index contributed by atoms with van der Waals surface area (Å²) in [5, 5.41) is 12.3. The Bertz CT molecular complexity index is 2140. The minimum atomic E-state index is -4.11. The number of pyridine rings is 1. The average Bonchev–Trinajstić information content (AvgIpc) is 3.69. The van der Waals surface area contributed by atoms with Crippen molar-refractivity contribution in [3.05, 3.63) is 100 Å². The Balaban J connectivity index is 1.22. The molecule has 0 saturated heterocycles. The standard InChI is InChI=1S/C33H32FN5O8S/c1-38-28-19-35-29(40)18-25(28)32(42)39(38)22-12-9-20(10-13-22)16-27(33(43)47-23-6-3-2-4-7-23)36-31(41)24-14-11-21(17-26(24)34)37-48(44,45)30-8-5-15-46-30/h5,8-15,17-19,23,27,37H,2-4,6-7,16H2,1H3,(H,35,40)(H,36,41)/t27-/m0/s1. The predicted octanol–water partition coefficient (Wildman–Crippen LogP) is 4.18. The maximum Gasteiger partial charge on any atom is 0.329 e. The number of aromatic hydroxyl groups is 1. The van der Waals surface area contributed by atoms with Crippen molar-refractivity contribution in [2.45, 2.75) is 55.8 Å². The maximum absolute atomic E-state index is 15.2. The van der Waals surface area contributed by atoms with Gasteiger partial charge in [-0.2, -0.15) is 8.42 Å². The van der Waals surface area contributed by atoms with Gasteiger partial charge in [0, 0.05) is 19.5 Å². The summed E-state index contributed by atoms with van der Waals surface area (Å²) in [4.78, 5) is 43.6. The molecule has 0 bridgehead atoms. The molecule has 1 amide bonds. The number of nitrogens with one attached hydrogen (secondary N) is 2. The van der Waals surface area contributed by atoms with Crippen LogP contribution in [-0.2, 0) is 33.0 Å². The maximum atomic E-state index is 15.2. The lowest BCUT2D eigenvalue weighted by Crippen LogP contribution is -2.45. The first-order chi connectivity index (χ1) is 23.0. The molecule has 3 heterocycles. The van der Waals surface area contributed by atoms with Crippen LogP contribution in [0.5, 0.6) is 5.88 Å².